The third kappa shape index (κ3) is 1.98. The third-order valence-corrected chi connectivity index (χ3v) is 2.41. The van der Waals surface area contributed by atoms with E-state index in [0.29, 0.717) is 6.54 Å². The first-order valence-corrected chi connectivity index (χ1v) is 4.98. The summed E-state index contributed by atoms with van der Waals surface area (Å²) in [5.74, 6) is 0. The quantitative estimate of drug-likeness (QED) is 0.814. The van der Waals surface area contributed by atoms with Gasteiger partial charge in [-0.05, 0) is 18.1 Å². The molecule has 0 aliphatic heterocycles. The van der Waals surface area contributed by atoms with Gasteiger partial charge in [0.25, 0.3) is 0 Å². The Kier molecular flexibility index (Phi) is 2.67. The van der Waals surface area contributed by atoms with Crippen molar-refractivity contribution < 1.29 is 0 Å². The van der Waals surface area contributed by atoms with Crippen LogP contribution in [0.2, 0.25) is 0 Å². The first-order chi connectivity index (χ1) is 7.31. The Balaban J connectivity index is 2.32. The van der Waals surface area contributed by atoms with Crippen LogP contribution in [0.5, 0.6) is 0 Å². The van der Waals surface area contributed by atoms with E-state index in [4.69, 9.17) is 0 Å². The largest absolute Gasteiger partial charge is 0.325 e. The minimum Gasteiger partial charge on any atom is -0.313 e. The van der Waals surface area contributed by atoms with Crippen LogP contribution in [0.1, 0.15) is 18.2 Å². The van der Waals surface area contributed by atoms with Crippen LogP contribution < -0.4 is 5.69 Å². The molecule has 2 rings (SSSR count). The second-order valence-electron chi connectivity index (χ2n) is 3.36. The van der Waals surface area contributed by atoms with Gasteiger partial charge >= 0.3 is 5.69 Å². The Labute approximate surface area is 87.6 Å². The van der Waals surface area contributed by atoms with Crippen molar-refractivity contribution in [3.8, 4) is 0 Å². The van der Waals surface area contributed by atoms with Gasteiger partial charge in [-0.2, -0.15) is 0 Å². The zero-order chi connectivity index (χ0) is 10.7. The number of pyridine rings is 1. The lowest BCUT2D eigenvalue weighted by atomic mass is 10.1. The smallest absolute Gasteiger partial charge is 0.313 e. The van der Waals surface area contributed by atoms with Gasteiger partial charge < -0.3 is 4.98 Å². The highest BCUT2D eigenvalue weighted by Gasteiger charge is 2.03. The van der Waals surface area contributed by atoms with Crippen LogP contribution >= 0.6 is 0 Å². The molecule has 0 spiro atoms. The number of rotatable bonds is 3. The zero-order valence-electron chi connectivity index (χ0n) is 8.60. The summed E-state index contributed by atoms with van der Waals surface area (Å²) in [5, 5.41) is 0. The minimum absolute atomic E-state index is 0.0947. The maximum absolute atomic E-state index is 11.3. The molecule has 0 saturated heterocycles. The van der Waals surface area contributed by atoms with Crippen molar-refractivity contribution in [1.29, 1.82) is 0 Å². The fourth-order valence-corrected chi connectivity index (χ4v) is 1.57. The average molecular weight is 203 g/mol. The van der Waals surface area contributed by atoms with Gasteiger partial charge in [0.1, 0.15) is 0 Å². The molecule has 0 aliphatic rings. The summed E-state index contributed by atoms with van der Waals surface area (Å²) in [6, 6.07) is 3.96. The monoisotopic (exact) mass is 203 g/mol. The molecule has 0 saturated carbocycles. The van der Waals surface area contributed by atoms with Gasteiger partial charge in [-0.3, -0.25) is 9.55 Å². The van der Waals surface area contributed by atoms with Gasteiger partial charge in [-0.15, -0.1) is 0 Å². The summed E-state index contributed by atoms with van der Waals surface area (Å²) in [6.45, 7) is 2.62. The maximum atomic E-state index is 11.3. The molecule has 0 aliphatic carbocycles. The van der Waals surface area contributed by atoms with Crippen molar-refractivity contribution >= 4 is 0 Å². The lowest BCUT2D eigenvalue weighted by Gasteiger charge is -2.05. The van der Waals surface area contributed by atoms with Gasteiger partial charge in [-0.25, -0.2) is 4.79 Å². The van der Waals surface area contributed by atoms with Crippen molar-refractivity contribution in [3.63, 3.8) is 0 Å². The maximum Gasteiger partial charge on any atom is 0.325 e. The topological polar surface area (TPSA) is 50.7 Å². The van der Waals surface area contributed by atoms with Gasteiger partial charge in [0, 0.05) is 18.6 Å². The molecule has 0 bridgehead atoms. The molecule has 0 aromatic carbocycles. The molecule has 2 aromatic heterocycles. The predicted molar refractivity (Wildman–Crippen MR) is 57.8 cm³/mol. The number of hydrogen-bond acceptors (Lipinski definition) is 2. The number of H-pyrrole nitrogens is 1. The molecule has 2 aromatic rings. The predicted octanol–water partition coefficient (Wildman–Crippen LogP) is 1.18. The van der Waals surface area contributed by atoms with E-state index in [9.17, 15) is 4.79 Å². The van der Waals surface area contributed by atoms with E-state index in [1.807, 2.05) is 12.1 Å². The van der Waals surface area contributed by atoms with Crippen LogP contribution in [-0.2, 0) is 13.0 Å². The zero-order valence-corrected chi connectivity index (χ0v) is 8.60. The van der Waals surface area contributed by atoms with Crippen LogP contribution in [0, 0.1) is 0 Å². The molecule has 4 nitrogen and oxygen atoms in total. The number of nitrogens with one attached hydrogen (secondary N) is 1. The fourth-order valence-electron chi connectivity index (χ4n) is 1.57. The minimum atomic E-state index is -0.0947. The molecular weight excluding hydrogens is 190 g/mol. The highest BCUT2D eigenvalue weighted by Crippen LogP contribution is 2.06. The molecule has 0 radical (unpaired) electrons. The molecule has 0 atom stereocenters. The number of nitrogens with zero attached hydrogens (tertiary/aromatic N) is 2. The molecular formula is C11H13N3O. The second kappa shape index (κ2) is 4.13. The highest BCUT2D eigenvalue weighted by molar-refractivity contribution is 5.19. The summed E-state index contributed by atoms with van der Waals surface area (Å²) in [4.78, 5) is 18.2. The van der Waals surface area contributed by atoms with Crippen molar-refractivity contribution in [2.75, 3.05) is 0 Å². The Morgan fingerprint density at radius 2 is 2.40 bits per heavy atom. The summed E-state index contributed by atoms with van der Waals surface area (Å²) in [6.07, 6.45) is 6.06. The first kappa shape index (κ1) is 9.71. The Morgan fingerprint density at radius 3 is 3.07 bits per heavy atom. The third-order valence-electron chi connectivity index (χ3n) is 2.41. The number of aromatic amines is 1. The number of aromatic nitrogens is 3. The van der Waals surface area contributed by atoms with Crippen LogP contribution in [0.3, 0.4) is 0 Å². The summed E-state index contributed by atoms with van der Waals surface area (Å²) in [5.41, 5.74) is 2.05. The Bertz CT molecular complexity index is 498. The van der Waals surface area contributed by atoms with E-state index < -0.39 is 0 Å². The average Bonchev–Trinajstić information content (AvgIpc) is 2.65. The second-order valence-corrected chi connectivity index (χ2v) is 3.36. The van der Waals surface area contributed by atoms with Gasteiger partial charge in [0.2, 0.25) is 0 Å². The van der Waals surface area contributed by atoms with E-state index in [-0.39, 0.29) is 5.69 Å². The van der Waals surface area contributed by atoms with Gasteiger partial charge in [0.15, 0.2) is 0 Å². The van der Waals surface area contributed by atoms with Crippen LogP contribution in [0.25, 0.3) is 0 Å². The summed E-state index contributed by atoms with van der Waals surface area (Å²) < 4.78 is 1.61. The van der Waals surface area contributed by atoms with Crippen LogP contribution in [-0.4, -0.2) is 14.5 Å². The molecule has 0 amide bonds. The van der Waals surface area contributed by atoms with E-state index >= 15 is 0 Å². The molecule has 15 heavy (non-hydrogen) atoms. The van der Waals surface area contributed by atoms with Crippen molar-refractivity contribution in [3.05, 3.63) is 52.5 Å². The highest BCUT2D eigenvalue weighted by atomic mass is 16.1. The lowest BCUT2D eigenvalue weighted by Crippen LogP contribution is -2.18. The lowest BCUT2D eigenvalue weighted by molar-refractivity contribution is 0.732. The molecule has 1 N–H and O–H groups in total. The van der Waals surface area contributed by atoms with Crippen molar-refractivity contribution in [2.24, 2.45) is 0 Å². The van der Waals surface area contributed by atoms with Crippen molar-refractivity contribution in [2.45, 2.75) is 19.9 Å². The van der Waals surface area contributed by atoms with Gasteiger partial charge in [-0.1, -0.05) is 13.0 Å². The Morgan fingerprint density at radius 1 is 1.53 bits per heavy atom. The fraction of sp³-hybridized carbons (Fsp3) is 0.273. The summed E-state index contributed by atoms with van der Waals surface area (Å²) >= 11 is 0. The molecule has 0 fully saturated rings. The molecule has 4 heteroatoms. The first-order valence-electron chi connectivity index (χ1n) is 4.98. The van der Waals surface area contributed by atoms with E-state index in [1.165, 1.54) is 5.56 Å². The number of aryl methyl sites for hydroxylation is 1. The Hall–Kier alpha value is -1.84. The van der Waals surface area contributed by atoms with Crippen molar-refractivity contribution in [1.82, 2.24) is 14.5 Å². The number of hydrogen-bond donors (Lipinski definition) is 1. The van der Waals surface area contributed by atoms with E-state index in [1.54, 1.807) is 23.2 Å². The molecule has 78 valence electrons. The van der Waals surface area contributed by atoms with Gasteiger partial charge in [0.05, 0.1) is 12.2 Å². The number of imidazole rings is 1. The SMILES string of the molecule is CCc1cccnc1Cn1cc[nH]c1=O. The normalized spacial score (nSPS) is 10.5. The van der Waals surface area contributed by atoms with Crippen LogP contribution in [0.4, 0.5) is 0 Å². The molecule has 0 unspecified atom stereocenters. The summed E-state index contributed by atoms with van der Waals surface area (Å²) in [7, 11) is 0. The standard InChI is InChI=1S/C11H13N3O/c1-2-9-4-3-5-12-10(9)8-14-7-6-13-11(14)15/h3-7H,2,8H2,1H3,(H,13,15). The molecule has 2 heterocycles. The van der Waals surface area contributed by atoms with E-state index in [2.05, 4.69) is 16.9 Å². The van der Waals surface area contributed by atoms with E-state index in [0.717, 1.165) is 12.1 Å². The van der Waals surface area contributed by atoms with Crippen LogP contribution in [0.15, 0.2) is 35.5 Å².